The van der Waals surface area contributed by atoms with Crippen molar-refractivity contribution in [1.82, 2.24) is 19.5 Å². The summed E-state index contributed by atoms with van der Waals surface area (Å²) < 4.78 is 29.6. The summed E-state index contributed by atoms with van der Waals surface area (Å²) in [5.41, 5.74) is 9.11. The lowest BCUT2D eigenvalue weighted by molar-refractivity contribution is -0.150. The minimum atomic E-state index is -4.15. The predicted octanol–water partition coefficient (Wildman–Crippen LogP) is 1.72. The van der Waals surface area contributed by atoms with Gasteiger partial charge in [-0.25, -0.2) is 13.2 Å². The van der Waals surface area contributed by atoms with Gasteiger partial charge in [0.15, 0.2) is 0 Å². The van der Waals surface area contributed by atoms with Crippen LogP contribution in [0.25, 0.3) is 0 Å². The SMILES string of the molecule is CC1=CCN(C(=O)[C@H](Cc2ccnc(C(=N)N)c2)NS(=O)(=O)c2ccc3c(c2)CN(C)CC3)C(C(=O)O)C1.Cl.Cl. The number of hydrogen-bond acceptors (Lipinski definition) is 7. The topological polar surface area (TPSA) is 170 Å². The van der Waals surface area contributed by atoms with Gasteiger partial charge in [-0.05, 0) is 74.2 Å². The molecule has 0 saturated heterocycles. The van der Waals surface area contributed by atoms with E-state index >= 15 is 0 Å². The molecule has 218 valence electrons. The second-order valence-electron chi connectivity index (χ2n) is 9.86. The number of carboxylic acid groups (broad SMARTS) is 1. The molecule has 11 nitrogen and oxygen atoms in total. The van der Waals surface area contributed by atoms with Crippen LogP contribution >= 0.6 is 24.8 Å². The van der Waals surface area contributed by atoms with Crippen LogP contribution in [-0.4, -0.2) is 78.2 Å². The number of nitrogen functional groups attached to an aromatic ring is 1. The molecule has 5 N–H and O–H groups in total. The number of fused-ring (bicyclic) bond motifs is 1. The van der Waals surface area contributed by atoms with E-state index in [4.69, 9.17) is 11.1 Å². The van der Waals surface area contributed by atoms with Gasteiger partial charge in [0.05, 0.1) is 4.90 Å². The quantitative estimate of drug-likeness (QED) is 0.198. The molecule has 2 aliphatic rings. The number of hydrogen-bond donors (Lipinski definition) is 4. The number of nitrogens with one attached hydrogen (secondary N) is 2. The molecule has 40 heavy (non-hydrogen) atoms. The fourth-order valence-corrected chi connectivity index (χ4v) is 6.04. The van der Waals surface area contributed by atoms with Crippen molar-refractivity contribution in [2.45, 2.75) is 49.7 Å². The lowest BCUT2D eigenvalue weighted by atomic mass is 9.99. The van der Waals surface area contributed by atoms with Gasteiger partial charge >= 0.3 is 5.97 Å². The number of aromatic nitrogens is 1. The van der Waals surface area contributed by atoms with Crippen LogP contribution in [0.2, 0.25) is 0 Å². The van der Waals surface area contributed by atoms with Crippen LogP contribution in [0.4, 0.5) is 0 Å². The van der Waals surface area contributed by atoms with Crippen molar-refractivity contribution in [3.63, 3.8) is 0 Å². The molecule has 1 aromatic carbocycles. The molecule has 0 bridgehead atoms. The number of benzene rings is 1. The number of likely N-dealkylation sites (N-methyl/N-ethyl adjacent to an activating group) is 1. The molecule has 14 heteroatoms. The number of amides is 1. The van der Waals surface area contributed by atoms with Gasteiger partial charge < -0.3 is 20.6 Å². The van der Waals surface area contributed by atoms with Crippen LogP contribution in [0.1, 0.15) is 35.7 Å². The summed E-state index contributed by atoms with van der Waals surface area (Å²) in [7, 11) is -2.18. The van der Waals surface area contributed by atoms with Crippen molar-refractivity contribution in [3.8, 4) is 0 Å². The highest BCUT2D eigenvalue weighted by Gasteiger charge is 2.37. The smallest absolute Gasteiger partial charge is 0.326 e. The van der Waals surface area contributed by atoms with Crippen LogP contribution in [0.15, 0.2) is 53.1 Å². The normalized spacial score (nSPS) is 17.9. The lowest BCUT2D eigenvalue weighted by Crippen LogP contribution is -2.55. The number of halogens is 2. The van der Waals surface area contributed by atoms with Crippen LogP contribution in [0.3, 0.4) is 0 Å². The van der Waals surface area contributed by atoms with E-state index in [2.05, 4.69) is 14.6 Å². The Morgan fingerprint density at radius 1 is 1.23 bits per heavy atom. The number of carbonyl (C=O) groups is 2. The molecule has 0 saturated carbocycles. The molecule has 0 aliphatic carbocycles. The Hall–Kier alpha value is -3.03. The Morgan fingerprint density at radius 3 is 2.62 bits per heavy atom. The molecule has 1 unspecified atom stereocenters. The zero-order valence-corrected chi connectivity index (χ0v) is 24.6. The third-order valence-corrected chi connectivity index (χ3v) is 8.39. The monoisotopic (exact) mass is 612 g/mol. The number of amidine groups is 1. The largest absolute Gasteiger partial charge is 0.480 e. The van der Waals surface area contributed by atoms with Crippen LogP contribution in [0, 0.1) is 5.41 Å². The highest BCUT2D eigenvalue weighted by Crippen LogP contribution is 2.24. The molecular formula is C26H34Cl2N6O5S. The number of nitrogens with zero attached hydrogens (tertiary/aromatic N) is 3. The summed E-state index contributed by atoms with van der Waals surface area (Å²) in [4.78, 5) is 33.1. The zero-order valence-electron chi connectivity index (χ0n) is 22.2. The summed E-state index contributed by atoms with van der Waals surface area (Å²) in [5.74, 6) is -2.07. The fourth-order valence-electron chi connectivity index (χ4n) is 4.80. The van der Waals surface area contributed by atoms with Crippen LogP contribution in [0.5, 0.6) is 0 Å². The minimum absolute atomic E-state index is 0. The number of aliphatic carboxylic acids is 1. The Kier molecular flexibility index (Phi) is 11.2. The van der Waals surface area contributed by atoms with Gasteiger partial charge in [0, 0.05) is 25.8 Å². The number of carbonyl (C=O) groups excluding carboxylic acids is 1. The van der Waals surface area contributed by atoms with Gasteiger partial charge in [-0.2, -0.15) is 4.72 Å². The Balaban J connectivity index is 0.00000280. The molecule has 1 aromatic heterocycles. The van der Waals surface area contributed by atoms with Gasteiger partial charge in [-0.1, -0.05) is 17.7 Å². The lowest BCUT2D eigenvalue weighted by Gasteiger charge is -2.34. The molecular weight excluding hydrogens is 579 g/mol. The Bertz CT molecular complexity index is 1420. The van der Waals surface area contributed by atoms with Crippen molar-refractivity contribution in [3.05, 3.63) is 70.6 Å². The molecule has 1 amide bonds. The Morgan fingerprint density at radius 2 is 1.95 bits per heavy atom. The molecule has 0 fully saturated rings. The highest BCUT2D eigenvalue weighted by molar-refractivity contribution is 7.89. The van der Waals surface area contributed by atoms with Crippen molar-refractivity contribution < 1.29 is 23.1 Å². The van der Waals surface area contributed by atoms with Crippen molar-refractivity contribution in [1.29, 1.82) is 5.41 Å². The second-order valence-corrected chi connectivity index (χ2v) is 11.6. The number of sulfonamides is 1. The van der Waals surface area contributed by atoms with Crippen molar-refractivity contribution >= 4 is 52.5 Å². The van der Waals surface area contributed by atoms with Crippen molar-refractivity contribution in [2.24, 2.45) is 5.73 Å². The number of rotatable bonds is 8. The summed E-state index contributed by atoms with van der Waals surface area (Å²) in [5, 5.41) is 17.4. The number of nitrogens with two attached hydrogens (primary N) is 1. The van der Waals surface area contributed by atoms with E-state index in [1.807, 2.05) is 7.05 Å². The summed E-state index contributed by atoms with van der Waals surface area (Å²) in [6.07, 6.45) is 4.08. The maximum Gasteiger partial charge on any atom is 0.326 e. The molecule has 4 rings (SSSR count). The van der Waals surface area contributed by atoms with Gasteiger partial charge in [0.1, 0.15) is 23.6 Å². The molecule has 2 atom stereocenters. The van der Waals surface area contributed by atoms with E-state index in [0.29, 0.717) is 12.1 Å². The first kappa shape index (κ1) is 33.2. The standard InChI is InChI=1S/C26H32N6O5S.2ClH/c1-16-6-10-32(23(11-16)26(34)35)25(33)22(13-17-5-8-29-21(12-17)24(27)28)30-38(36,37)20-4-3-18-7-9-31(2)15-19(18)14-20;;/h3-6,8,12,14,22-23,30H,7,9-11,13,15H2,1-2H3,(H3,27,28)(H,34,35);2*1H/t22-,23?;;/m0../s1. The molecule has 0 spiro atoms. The van der Waals surface area contributed by atoms with Gasteiger partial charge in [0.2, 0.25) is 15.9 Å². The van der Waals surface area contributed by atoms with E-state index in [-0.39, 0.29) is 60.6 Å². The second kappa shape index (κ2) is 13.6. The van der Waals surface area contributed by atoms with Gasteiger partial charge in [-0.3, -0.25) is 15.2 Å². The van der Waals surface area contributed by atoms with Gasteiger partial charge in [-0.15, -0.1) is 24.8 Å². The zero-order chi connectivity index (χ0) is 27.6. The highest BCUT2D eigenvalue weighted by atomic mass is 35.5. The maximum absolute atomic E-state index is 13.7. The number of carboxylic acids is 1. The van der Waals surface area contributed by atoms with E-state index in [9.17, 15) is 23.1 Å². The first-order valence-electron chi connectivity index (χ1n) is 12.3. The molecule has 2 aromatic rings. The third-order valence-electron chi connectivity index (χ3n) is 6.92. The number of pyridine rings is 1. The minimum Gasteiger partial charge on any atom is -0.480 e. The average Bonchev–Trinajstić information content (AvgIpc) is 2.87. The fraction of sp³-hybridized carbons (Fsp3) is 0.385. The molecule has 0 radical (unpaired) electrons. The predicted molar refractivity (Wildman–Crippen MR) is 156 cm³/mol. The van der Waals surface area contributed by atoms with Crippen molar-refractivity contribution in [2.75, 3.05) is 20.1 Å². The first-order valence-corrected chi connectivity index (χ1v) is 13.7. The maximum atomic E-state index is 13.7. The first-order chi connectivity index (χ1) is 17.9. The van der Waals surface area contributed by atoms with E-state index < -0.39 is 34.0 Å². The van der Waals surface area contributed by atoms with Crippen LogP contribution < -0.4 is 10.5 Å². The van der Waals surface area contributed by atoms with E-state index in [1.165, 1.54) is 23.2 Å². The summed E-state index contributed by atoms with van der Waals surface area (Å²) >= 11 is 0. The Labute approximate surface area is 246 Å². The molecule has 3 heterocycles. The summed E-state index contributed by atoms with van der Waals surface area (Å²) in [6.45, 7) is 3.36. The average molecular weight is 614 g/mol. The summed E-state index contributed by atoms with van der Waals surface area (Å²) in [6, 6.07) is 5.67. The third kappa shape index (κ3) is 7.58. The van der Waals surface area contributed by atoms with E-state index in [0.717, 1.165) is 29.7 Å². The van der Waals surface area contributed by atoms with Crippen LogP contribution in [-0.2, 0) is 39.0 Å². The van der Waals surface area contributed by atoms with Gasteiger partial charge in [0.25, 0.3) is 0 Å². The van der Waals surface area contributed by atoms with E-state index in [1.54, 1.807) is 31.2 Å². The molecule has 2 aliphatic heterocycles.